The largest absolute Gasteiger partial charge is 0.416 e. The molecular weight excluding hydrogens is 385 g/mol. The molecule has 2 N–H and O–H groups in total. The molecule has 11 heteroatoms. The number of terminal acetylenes is 1. The Labute approximate surface area is 154 Å². The van der Waals surface area contributed by atoms with Gasteiger partial charge in [0.2, 0.25) is 15.9 Å². The maximum absolute atomic E-state index is 12.9. The van der Waals surface area contributed by atoms with Crippen LogP contribution in [0.2, 0.25) is 0 Å². The zero-order valence-electron chi connectivity index (χ0n) is 14.3. The number of amides is 1. The first-order valence-corrected chi connectivity index (χ1v) is 9.70. The normalized spacial score (nSPS) is 15.1. The third kappa shape index (κ3) is 6.25. The number of benzene rings is 1. The summed E-state index contributed by atoms with van der Waals surface area (Å²) < 4.78 is 63.6. The van der Waals surface area contributed by atoms with Gasteiger partial charge in [0.15, 0.2) is 5.66 Å². The monoisotopic (exact) mass is 402 g/mol. The summed E-state index contributed by atoms with van der Waals surface area (Å²) in [6.45, 7) is 0. The van der Waals surface area contributed by atoms with E-state index < -0.39 is 33.3 Å². The van der Waals surface area contributed by atoms with Crippen LogP contribution in [0.15, 0.2) is 28.4 Å². The van der Waals surface area contributed by atoms with Crippen molar-refractivity contribution >= 4 is 27.3 Å². The van der Waals surface area contributed by atoms with Crippen molar-refractivity contribution in [1.29, 1.82) is 0 Å². The van der Waals surface area contributed by atoms with E-state index in [0.29, 0.717) is 18.9 Å². The standard InChI is InChI=1S/C16H17F3N4O3S/c1-3-4-8-15(22-23-15)9-7-14(24)20-13-10-11(16(17,18)19)5-6-12(13)21-27(2,25)26/h1,5-6,10,21H,4,7-9H2,2H3,(H,20,24). The van der Waals surface area contributed by atoms with Gasteiger partial charge in [-0.05, 0) is 18.2 Å². The molecule has 0 radical (unpaired) electrons. The van der Waals surface area contributed by atoms with Gasteiger partial charge in [-0.15, -0.1) is 12.3 Å². The molecule has 7 nitrogen and oxygen atoms in total. The van der Waals surface area contributed by atoms with Crippen LogP contribution in [0.4, 0.5) is 24.5 Å². The molecule has 0 aliphatic carbocycles. The quantitative estimate of drug-likeness (QED) is 0.652. The van der Waals surface area contributed by atoms with Crippen molar-refractivity contribution in [2.75, 3.05) is 16.3 Å². The highest BCUT2D eigenvalue weighted by atomic mass is 32.2. The van der Waals surface area contributed by atoms with Gasteiger partial charge in [0.25, 0.3) is 0 Å². The summed E-state index contributed by atoms with van der Waals surface area (Å²) >= 11 is 0. The molecule has 1 aliphatic heterocycles. The Morgan fingerprint density at radius 2 is 1.93 bits per heavy atom. The second-order valence-electron chi connectivity index (χ2n) is 6.07. The van der Waals surface area contributed by atoms with Crippen LogP contribution in [0.1, 0.15) is 31.2 Å². The van der Waals surface area contributed by atoms with Gasteiger partial charge in [0.1, 0.15) is 0 Å². The predicted octanol–water partition coefficient (Wildman–Crippen LogP) is 3.37. The molecule has 1 amide bonds. The van der Waals surface area contributed by atoms with Crippen molar-refractivity contribution in [3.05, 3.63) is 23.8 Å². The second kappa shape index (κ2) is 7.56. The number of alkyl halides is 3. The number of halogens is 3. The Balaban J connectivity index is 2.12. The number of carbonyl (C=O) groups excluding carboxylic acids is 1. The van der Waals surface area contributed by atoms with E-state index in [2.05, 4.69) is 26.2 Å². The summed E-state index contributed by atoms with van der Waals surface area (Å²) in [5.41, 5.74) is -2.18. The van der Waals surface area contributed by atoms with Gasteiger partial charge in [-0.25, -0.2) is 8.42 Å². The molecule has 1 aliphatic rings. The van der Waals surface area contributed by atoms with E-state index in [1.165, 1.54) is 0 Å². The number of nitrogens with one attached hydrogen (secondary N) is 2. The number of carbonyl (C=O) groups is 1. The highest BCUT2D eigenvalue weighted by Crippen LogP contribution is 2.38. The smallest absolute Gasteiger partial charge is 0.324 e. The summed E-state index contributed by atoms with van der Waals surface area (Å²) in [6.07, 6.45) is 2.50. The highest BCUT2D eigenvalue weighted by Gasteiger charge is 2.39. The lowest BCUT2D eigenvalue weighted by atomic mass is 10.0. The van der Waals surface area contributed by atoms with Crippen LogP contribution in [0.3, 0.4) is 0 Å². The summed E-state index contributed by atoms with van der Waals surface area (Å²) in [5.74, 6) is 1.85. The van der Waals surface area contributed by atoms with Gasteiger partial charge in [-0.2, -0.15) is 23.4 Å². The first-order chi connectivity index (χ1) is 12.4. The Hall–Kier alpha value is -2.61. The number of hydrogen-bond acceptors (Lipinski definition) is 5. The van der Waals surface area contributed by atoms with Gasteiger partial charge in [0.05, 0.1) is 23.2 Å². The van der Waals surface area contributed by atoms with Crippen LogP contribution in [-0.4, -0.2) is 26.2 Å². The number of rotatable bonds is 8. The van der Waals surface area contributed by atoms with Gasteiger partial charge < -0.3 is 5.32 Å². The van der Waals surface area contributed by atoms with Crippen LogP contribution in [-0.2, 0) is 21.0 Å². The SMILES string of the molecule is C#CCCC1(CCC(=O)Nc2cc(C(F)(F)F)ccc2NS(C)(=O)=O)N=N1. The van der Waals surface area contributed by atoms with Crippen LogP contribution in [0.5, 0.6) is 0 Å². The Morgan fingerprint density at radius 1 is 1.26 bits per heavy atom. The van der Waals surface area contributed by atoms with Crippen LogP contribution < -0.4 is 10.0 Å². The van der Waals surface area contributed by atoms with E-state index in [0.717, 1.165) is 18.4 Å². The third-order valence-corrected chi connectivity index (χ3v) is 4.31. The third-order valence-electron chi connectivity index (χ3n) is 3.72. The lowest BCUT2D eigenvalue weighted by molar-refractivity contribution is -0.137. The molecule has 0 spiro atoms. The van der Waals surface area contributed by atoms with E-state index in [1.807, 2.05) is 0 Å². The Kier molecular flexibility index (Phi) is 5.79. The Morgan fingerprint density at radius 3 is 2.44 bits per heavy atom. The first-order valence-electron chi connectivity index (χ1n) is 7.80. The van der Waals surface area contributed by atoms with Gasteiger partial charge in [-0.3, -0.25) is 9.52 Å². The number of hydrogen-bond donors (Lipinski definition) is 2. The average Bonchev–Trinajstić information content (AvgIpc) is 3.31. The molecule has 1 aromatic carbocycles. The van der Waals surface area contributed by atoms with E-state index in [9.17, 15) is 26.4 Å². The molecule has 146 valence electrons. The average molecular weight is 402 g/mol. The van der Waals surface area contributed by atoms with Crippen molar-refractivity contribution < 1.29 is 26.4 Å². The minimum Gasteiger partial charge on any atom is -0.324 e. The highest BCUT2D eigenvalue weighted by molar-refractivity contribution is 7.92. The van der Waals surface area contributed by atoms with Gasteiger partial charge in [0, 0.05) is 25.7 Å². The Bertz CT molecular complexity index is 898. The molecule has 0 bridgehead atoms. The number of nitrogens with zero attached hydrogens (tertiary/aromatic N) is 2. The zero-order valence-corrected chi connectivity index (χ0v) is 15.1. The van der Waals surface area contributed by atoms with Crippen molar-refractivity contribution in [3.8, 4) is 12.3 Å². The molecule has 2 rings (SSSR count). The van der Waals surface area contributed by atoms with Gasteiger partial charge >= 0.3 is 6.18 Å². The summed E-state index contributed by atoms with van der Waals surface area (Å²) in [5, 5.41) is 10.1. The molecule has 1 aromatic rings. The summed E-state index contributed by atoms with van der Waals surface area (Å²) in [7, 11) is -3.75. The number of sulfonamides is 1. The molecule has 0 saturated carbocycles. The van der Waals surface area contributed by atoms with Crippen molar-refractivity contribution in [2.24, 2.45) is 10.2 Å². The van der Waals surface area contributed by atoms with Crippen LogP contribution in [0, 0.1) is 12.3 Å². The topological polar surface area (TPSA) is 100.0 Å². The zero-order chi connectivity index (χ0) is 20.3. The second-order valence-corrected chi connectivity index (χ2v) is 7.82. The molecule has 0 unspecified atom stereocenters. The van der Waals surface area contributed by atoms with E-state index in [4.69, 9.17) is 6.42 Å². The van der Waals surface area contributed by atoms with Crippen LogP contribution >= 0.6 is 0 Å². The van der Waals surface area contributed by atoms with Crippen molar-refractivity contribution in [2.45, 2.75) is 37.5 Å². The molecule has 0 aromatic heterocycles. The maximum atomic E-state index is 12.9. The van der Waals surface area contributed by atoms with Crippen molar-refractivity contribution in [3.63, 3.8) is 0 Å². The molecule has 0 atom stereocenters. The first kappa shape index (κ1) is 20.7. The molecule has 0 fully saturated rings. The van der Waals surface area contributed by atoms with Gasteiger partial charge in [-0.1, -0.05) is 0 Å². The summed E-state index contributed by atoms with van der Waals surface area (Å²) in [4.78, 5) is 12.1. The van der Waals surface area contributed by atoms with Crippen molar-refractivity contribution in [1.82, 2.24) is 0 Å². The summed E-state index contributed by atoms with van der Waals surface area (Å²) in [6, 6.07) is 2.34. The molecular formula is C16H17F3N4O3S. The maximum Gasteiger partial charge on any atom is 0.416 e. The fourth-order valence-corrected chi connectivity index (χ4v) is 2.88. The fraction of sp³-hybridized carbons (Fsp3) is 0.438. The number of anilines is 2. The lowest BCUT2D eigenvalue weighted by Crippen LogP contribution is -2.19. The fourth-order valence-electron chi connectivity index (χ4n) is 2.31. The molecule has 27 heavy (non-hydrogen) atoms. The lowest BCUT2D eigenvalue weighted by Gasteiger charge is -2.15. The predicted molar refractivity (Wildman–Crippen MR) is 93.4 cm³/mol. The molecule has 0 saturated heterocycles. The minimum absolute atomic E-state index is 0.0634. The minimum atomic E-state index is -4.64. The van der Waals surface area contributed by atoms with E-state index in [-0.39, 0.29) is 24.2 Å². The van der Waals surface area contributed by atoms with Crippen LogP contribution in [0.25, 0.3) is 0 Å². The van der Waals surface area contributed by atoms with E-state index in [1.54, 1.807) is 0 Å². The van der Waals surface area contributed by atoms with E-state index >= 15 is 0 Å². The molecule has 1 heterocycles.